The average molecular weight is 254 g/mol. The number of hydrogen-bond donors (Lipinski definition) is 0. The van der Waals surface area contributed by atoms with Gasteiger partial charge in [0.05, 0.1) is 19.4 Å². The fraction of sp³-hybridized carbons (Fsp3) is 0.667. The van der Waals surface area contributed by atoms with Crippen LogP contribution in [0.3, 0.4) is 0 Å². The molecule has 0 N–H and O–H groups in total. The van der Waals surface area contributed by atoms with E-state index in [1.807, 2.05) is 0 Å². The Morgan fingerprint density at radius 1 is 1.33 bits per heavy atom. The zero-order chi connectivity index (χ0) is 13.3. The van der Waals surface area contributed by atoms with Gasteiger partial charge in [-0.2, -0.15) is 0 Å². The van der Waals surface area contributed by atoms with Crippen LogP contribution in [0.15, 0.2) is 12.3 Å². The third-order valence-corrected chi connectivity index (χ3v) is 3.41. The van der Waals surface area contributed by atoms with Crippen LogP contribution >= 0.6 is 0 Å². The van der Waals surface area contributed by atoms with E-state index in [0.29, 0.717) is 25.4 Å². The predicted molar refractivity (Wildman–Crippen MR) is 63.8 cm³/mol. The van der Waals surface area contributed by atoms with Crippen LogP contribution in [0.4, 0.5) is 4.79 Å². The molecule has 2 rings (SSSR count). The number of rotatable bonds is 3. The number of carbonyl (C=O) groups excluding carboxylic acids is 2. The van der Waals surface area contributed by atoms with Crippen LogP contribution in [0.25, 0.3) is 0 Å². The van der Waals surface area contributed by atoms with Crippen LogP contribution in [0.1, 0.15) is 13.3 Å². The molecule has 0 aliphatic carbocycles. The summed E-state index contributed by atoms with van der Waals surface area (Å²) in [5.41, 5.74) is 0. The van der Waals surface area contributed by atoms with Crippen molar-refractivity contribution >= 4 is 12.1 Å². The molecule has 0 aromatic heterocycles. The van der Waals surface area contributed by atoms with Crippen molar-refractivity contribution in [3.05, 3.63) is 12.3 Å². The topological polar surface area (TPSA) is 59.1 Å². The molecule has 2 heterocycles. The monoisotopic (exact) mass is 254 g/mol. The quantitative estimate of drug-likeness (QED) is 0.545. The maximum atomic E-state index is 11.8. The third kappa shape index (κ3) is 2.48. The Labute approximate surface area is 106 Å². The third-order valence-electron chi connectivity index (χ3n) is 3.41. The molecule has 18 heavy (non-hydrogen) atoms. The lowest BCUT2D eigenvalue weighted by molar-refractivity contribution is -0.142. The first kappa shape index (κ1) is 12.9. The van der Waals surface area contributed by atoms with E-state index in [1.165, 1.54) is 7.11 Å². The number of esters is 1. The molecular weight excluding hydrogens is 236 g/mol. The second kappa shape index (κ2) is 4.97. The minimum atomic E-state index is -0.340. The Morgan fingerprint density at radius 3 is 2.56 bits per heavy atom. The Morgan fingerprint density at radius 2 is 2.06 bits per heavy atom. The lowest BCUT2D eigenvalue weighted by Crippen LogP contribution is -2.50. The first-order chi connectivity index (χ1) is 8.51. The Balaban J connectivity index is 1.89. The summed E-state index contributed by atoms with van der Waals surface area (Å²) in [5.74, 6) is 0.160. The van der Waals surface area contributed by atoms with Crippen LogP contribution in [-0.4, -0.2) is 60.7 Å². The molecule has 2 bridgehead atoms. The van der Waals surface area contributed by atoms with E-state index < -0.39 is 0 Å². The first-order valence-electron chi connectivity index (χ1n) is 5.96. The Kier molecular flexibility index (Phi) is 3.56. The van der Waals surface area contributed by atoms with E-state index in [4.69, 9.17) is 4.74 Å². The van der Waals surface area contributed by atoms with E-state index in [0.717, 1.165) is 6.42 Å². The van der Waals surface area contributed by atoms with Gasteiger partial charge in [-0.15, -0.1) is 0 Å². The largest absolute Gasteiger partial charge is 0.468 e. The van der Waals surface area contributed by atoms with Gasteiger partial charge in [-0.25, -0.2) is 4.79 Å². The molecule has 6 nitrogen and oxygen atoms in total. The second-order valence-electron chi connectivity index (χ2n) is 4.77. The molecule has 0 aromatic carbocycles. The highest BCUT2D eigenvalue weighted by Crippen LogP contribution is 2.31. The highest BCUT2D eigenvalue weighted by molar-refractivity contribution is 5.72. The highest BCUT2D eigenvalue weighted by atomic mass is 16.6. The first-order valence-corrected chi connectivity index (χ1v) is 5.96. The lowest BCUT2D eigenvalue weighted by Gasteiger charge is -2.32. The molecular formula is C12H18N2O4. The van der Waals surface area contributed by atoms with Crippen LogP contribution in [0.2, 0.25) is 0 Å². The standard InChI is InChI=1S/C12H18N2O4/c1-8(2)18-12(16)14-6-9-4-10(14)5-13(9)7-11(15)17-3/h9-10H,1,4-7H2,2-3H3/t9-,10-/m0/s1. The van der Waals surface area contributed by atoms with Gasteiger partial charge >= 0.3 is 12.1 Å². The number of likely N-dealkylation sites (tertiary alicyclic amines) is 2. The lowest BCUT2D eigenvalue weighted by atomic mass is 10.2. The van der Waals surface area contributed by atoms with Crippen molar-refractivity contribution in [3.8, 4) is 0 Å². The maximum Gasteiger partial charge on any atom is 0.415 e. The molecule has 0 spiro atoms. The SMILES string of the molecule is C=C(C)OC(=O)N1C[C@@H]2C[C@H]1CN2CC(=O)OC. The number of ether oxygens (including phenoxy) is 2. The van der Waals surface area contributed by atoms with Crippen LogP contribution < -0.4 is 0 Å². The van der Waals surface area contributed by atoms with Gasteiger partial charge in [-0.3, -0.25) is 9.69 Å². The van der Waals surface area contributed by atoms with E-state index in [1.54, 1.807) is 11.8 Å². The number of nitrogens with zero attached hydrogens (tertiary/aromatic N) is 2. The minimum Gasteiger partial charge on any atom is -0.468 e. The number of hydrogen-bond acceptors (Lipinski definition) is 5. The van der Waals surface area contributed by atoms with Crippen LogP contribution in [-0.2, 0) is 14.3 Å². The molecule has 100 valence electrons. The van der Waals surface area contributed by atoms with Gasteiger partial charge in [0.2, 0.25) is 0 Å². The Bertz CT molecular complexity index is 382. The van der Waals surface area contributed by atoms with Gasteiger partial charge in [0.1, 0.15) is 0 Å². The molecule has 0 radical (unpaired) electrons. The van der Waals surface area contributed by atoms with Gasteiger partial charge in [0, 0.05) is 25.2 Å². The Hall–Kier alpha value is -1.56. The van der Waals surface area contributed by atoms with E-state index in [9.17, 15) is 9.59 Å². The summed E-state index contributed by atoms with van der Waals surface area (Å²) < 4.78 is 9.66. The predicted octanol–water partition coefficient (Wildman–Crippen LogP) is 0.588. The van der Waals surface area contributed by atoms with Crippen molar-refractivity contribution in [1.82, 2.24) is 9.80 Å². The summed E-state index contributed by atoms with van der Waals surface area (Å²) in [6.07, 6.45) is 0.551. The molecule has 2 aliphatic heterocycles. The summed E-state index contributed by atoms with van der Waals surface area (Å²) in [6, 6.07) is 0.360. The number of amides is 1. The average Bonchev–Trinajstić information content (AvgIpc) is 2.87. The molecule has 0 saturated carbocycles. The van der Waals surface area contributed by atoms with Crippen LogP contribution in [0, 0.1) is 0 Å². The molecule has 2 fully saturated rings. The molecule has 0 unspecified atom stereocenters. The summed E-state index contributed by atoms with van der Waals surface area (Å²) in [7, 11) is 1.38. The molecule has 2 saturated heterocycles. The van der Waals surface area contributed by atoms with Gasteiger partial charge in [-0.05, 0) is 13.3 Å². The number of methoxy groups -OCH3 is 1. The highest BCUT2D eigenvalue weighted by Gasteiger charge is 2.46. The molecule has 6 heteroatoms. The molecule has 2 aliphatic rings. The minimum absolute atomic E-state index is 0.131. The van der Waals surface area contributed by atoms with Gasteiger partial charge in [0.15, 0.2) is 0 Å². The number of carbonyl (C=O) groups is 2. The van der Waals surface area contributed by atoms with Crippen molar-refractivity contribution in [2.75, 3.05) is 26.7 Å². The molecule has 1 amide bonds. The summed E-state index contributed by atoms with van der Waals surface area (Å²) in [4.78, 5) is 26.8. The normalized spacial score (nSPS) is 26.2. The van der Waals surface area contributed by atoms with E-state index in [2.05, 4.69) is 16.2 Å². The van der Waals surface area contributed by atoms with Gasteiger partial charge < -0.3 is 14.4 Å². The van der Waals surface area contributed by atoms with Crippen molar-refractivity contribution in [1.29, 1.82) is 0 Å². The number of fused-ring (bicyclic) bond motifs is 2. The van der Waals surface area contributed by atoms with Crippen molar-refractivity contribution in [3.63, 3.8) is 0 Å². The molecule has 0 aromatic rings. The number of piperazine rings is 1. The van der Waals surface area contributed by atoms with Crippen molar-refractivity contribution in [2.45, 2.75) is 25.4 Å². The summed E-state index contributed by atoms with van der Waals surface area (Å²) in [5, 5.41) is 0. The number of allylic oxidation sites excluding steroid dienone is 1. The van der Waals surface area contributed by atoms with Gasteiger partial charge in [0.25, 0.3) is 0 Å². The van der Waals surface area contributed by atoms with Crippen molar-refractivity contribution < 1.29 is 19.1 Å². The fourth-order valence-corrected chi connectivity index (χ4v) is 2.60. The van der Waals surface area contributed by atoms with Crippen LogP contribution in [0.5, 0.6) is 0 Å². The zero-order valence-corrected chi connectivity index (χ0v) is 10.7. The zero-order valence-electron chi connectivity index (χ0n) is 10.7. The fourth-order valence-electron chi connectivity index (χ4n) is 2.60. The van der Waals surface area contributed by atoms with Crippen molar-refractivity contribution in [2.24, 2.45) is 0 Å². The maximum absolute atomic E-state index is 11.8. The second-order valence-corrected chi connectivity index (χ2v) is 4.77. The van der Waals surface area contributed by atoms with E-state index >= 15 is 0 Å². The molecule has 2 atom stereocenters. The summed E-state index contributed by atoms with van der Waals surface area (Å²) >= 11 is 0. The summed E-state index contributed by atoms with van der Waals surface area (Å²) in [6.45, 7) is 6.80. The van der Waals surface area contributed by atoms with E-state index in [-0.39, 0.29) is 24.1 Å². The smallest absolute Gasteiger partial charge is 0.415 e. The van der Waals surface area contributed by atoms with Gasteiger partial charge in [-0.1, -0.05) is 6.58 Å².